The largest absolute Gasteiger partial charge is 0.469 e. The maximum absolute atomic E-state index is 12.0. The predicted octanol–water partition coefficient (Wildman–Crippen LogP) is 2.90. The van der Waals surface area contributed by atoms with Gasteiger partial charge in [0.1, 0.15) is 5.76 Å². The molecule has 0 spiro atoms. The molecule has 0 aliphatic heterocycles. The molecule has 2 rings (SSSR count). The summed E-state index contributed by atoms with van der Waals surface area (Å²) in [7, 11) is 0. The molecule has 0 saturated heterocycles. The van der Waals surface area contributed by atoms with Crippen LogP contribution in [0.5, 0.6) is 0 Å². The number of hydrogen-bond donors (Lipinski definition) is 1. The van der Waals surface area contributed by atoms with E-state index in [0.29, 0.717) is 11.6 Å². The SMILES string of the molecule is CCc1occc1C(=O)NC1CCCCC1. The number of aryl methyl sites for hydroxylation is 1. The number of furan rings is 1. The second kappa shape index (κ2) is 5.19. The highest BCUT2D eigenvalue weighted by Crippen LogP contribution is 2.18. The van der Waals surface area contributed by atoms with Crippen LogP contribution in [0.3, 0.4) is 0 Å². The molecule has 1 fully saturated rings. The Kier molecular flexibility index (Phi) is 3.65. The molecule has 0 atom stereocenters. The van der Waals surface area contributed by atoms with Gasteiger partial charge in [-0.25, -0.2) is 0 Å². The quantitative estimate of drug-likeness (QED) is 0.852. The Hall–Kier alpha value is -1.25. The summed E-state index contributed by atoms with van der Waals surface area (Å²) in [5, 5.41) is 3.10. The fourth-order valence-electron chi connectivity index (χ4n) is 2.33. The minimum absolute atomic E-state index is 0.0255. The molecule has 1 saturated carbocycles. The Labute approximate surface area is 96.2 Å². The molecule has 0 unspecified atom stereocenters. The van der Waals surface area contributed by atoms with E-state index in [9.17, 15) is 4.79 Å². The molecule has 88 valence electrons. The van der Waals surface area contributed by atoms with Crippen LogP contribution in [-0.4, -0.2) is 11.9 Å². The van der Waals surface area contributed by atoms with E-state index in [-0.39, 0.29) is 5.91 Å². The van der Waals surface area contributed by atoms with E-state index in [2.05, 4.69) is 5.32 Å². The standard InChI is InChI=1S/C13H19NO2/c1-2-12-11(8-9-16-12)13(15)14-10-6-4-3-5-7-10/h8-10H,2-7H2,1H3,(H,14,15). The second-order valence-corrected chi connectivity index (χ2v) is 4.42. The van der Waals surface area contributed by atoms with Gasteiger partial charge in [0.25, 0.3) is 5.91 Å². The van der Waals surface area contributed by atoms with Crippen molar-refractivity contribution in [2.45, 2.75) is 51.5 Å². The molecule has 1 N–H and O–H groups in total. The zero-order chi connectivity index (χ0) is 11.4. The molecule has 1 aromatic rings. The zero-order valence-electron chi connectivity index (χ0n) is 9.79. The van der Waals surface area contributed by atoms with Crippen molar-refractivity contribution in [3.05, 3.63) is 23.7 Å². The monoisotopic (exact) mass is 221 g/mol. The van der Waals surface area contributed by atoms with E-state index in [4.69, 9.17) is 4.42 Å². The fraction of sp³-hybridized carbons (Fsp3) is 0.615. The van der Waals surface area contributed by atoms with Crippen LogP contribution in [0.1, 0.15) is 55.1 Å². The maximum Gasteiger partial charge on any atom is 0.255 e. The Morgan fingerprint density at radius 1 is 1.44 bits per heavy atom. The molecule has 0 radical (unpaired) electrons. The maximum atomic E-state index is 12.0. The molecule has 0 aromatic carbocycles. The van der Waals surface area contributed by atoms with E-state index in [0.717, 1.165) is 25.0 Å². The predicted molar refractivity (Wildman–Crippen MR) is 62.4 cm³/mol. The topological polar surface area (TPSA) is 42.2 Å². The number of rotatable bonds is 3. The number of carbonyl (C=O) groups excluding carboxylic acids is 1. The van der Waals surface area contributed by atoms with Gasteiger partial charge in [0.2, 0.25) is 0 Å². The van der Waals surface area contributed by atoms with Gasteiger partial charge in [0.15, 0.2) is 0 Å². The van der Waals surface area contributed by atoms with Gasteiger partial charge in [0, 0.05) is 12.5 Å². The third-order valence-electron chi connectivity index (χ3n) is 3.25. The van der Waals surface area contributed by atoms with Crippen LogP contribution in [0.4, 0.5) is 0 Å². The minimum atomic E-state index is 0.0255. The van der Waals surface area contributed by atoms with E-state index in [1.54, 1.807) is 12.3 Å². The second-order valence-electron chi connectivity index (χ2n) is 4.42. The highest BCUT2D eigenvalue weighted by Gasteiger charge is 2.19. The first-order valence-electron chi connectivity index (χ1n) is 6.18. The minimum Gasteiger partial charge on any atom is -0.469 e. The molecular weight excluding hydrogens is 202 g/mol. The highest BCUT2D eigenvalue weighted by molar-refractivity contribution is 5.95. The van der Waals surface area contributed by atoms with Gasteiger partial charge >= 0.3 is 0 Å². The van der Waals surface area contributed by atoms with Crippen molar-refractivity contribution in [2.75, 3.05) is 0 Å². The first-order valence-corrected chi connectivity index (χ1v) is 6.18. The van der Waals surface area contributed by atoms with Crippen LogP contribution in [0, 0.1) is 0 Å². The average Bonchev–Trinajstić information content (AvgIpc) is 2.78. The lowest BCUT2D eigenvalue weighted by Gasteiger charge is -2.22. The Bertz CT molecular complexity index is 351. The number of nitrogens with one attached hydrogen (secondary N) is 1. The van der Waals surface area contributed by atoms with Gasteiger partial charge in [0.05, 0.1) is 11.8 Å². The Balaban J connectivity index is 1.96. The van der Waals surface area contributed by atoms with Gasteiger partial charge in [-0.15, -0.1) is 0 Å². The first-order chi connectivity index (χ1) is 7.81. The summed E-state index contributed by atoms with van der Waals surface area (Å²) in [6, 6.07) is 2.12. The van der Waals surface area contributed by atoms with Crippen LogP contribution in [-0.2, 0) is 6.42 Å². The van der Waals surface area contributed by atoms with E-state index in [1.165, 1.54) is 19.3 Å². The van der Waals surface area contributed by atoms with Crippen molar-refractivity contribution in [1.82, 2.24) is 5.32 Å². The first kappa shape index (κ1) is 11.2. The van der Waals surface area contributed by atoms with Gasteiger partial charge in [-0.05, 0) is 18.9 Å². The van der Waals surface area contributed by atoms with Crippen LogP contribution < -0.4 is 5.32 Å². The van der Waals surface area contributed by atoms with Crippen molar-refractivity contribution < 1.29 is 9.21 Å². The van der Waals surface area contributed by atoms with Gasteiger partial charge in [-0.2, -0.15) is 0 Å². The summed E-state index contributed by atoms with van der Waals surface area (Å²) in [5.74, 6) is 0.811. The molecule has 1 heterocycles. The summed E-state index contributed by atoms with van der Waals surface area (Å²) in [5.41, 5.74) is 0.702. The van der Waals surface area contributed by atoms with Crippen molar-refractivity contribution in [3.63, 3.8) is 0 Å². The number of amides is 1. The van der Waals surface area contributed by atoms with Crippen molar-refractivity contribution in [1.29, 1.82) is 0 Å². The number of hydrogen-bond acceptors (Lipinski definition) is 2. The molecule has 1 aromatic heterocycles. The summed E-state index contributed by atoms with van der Waals surface area (Å²) in [6.45, 7) is 2.00. The number of carbonyl (C=O) groups is 1. The third-order valence-corrected chi connectivity index (χ3v) is 3.25. The van der Waals surface area contributed by atoms with E-state index in [1.807, 2.05) is 6.92 Å². The zero-order valence-corrected chi connectivity index (χ0v) is 9.79. The molecular formula is C13H19NO2. The lowest BCUT2D eigenvalue weighted by atomic mass is 9.95. The van der Waals surface area contributed by atoms with E-state index >= 15 is 0 Å². The van der Waals surface area contributed by atoms with Crippen molar-refractivity contribution in [3.8, 4) is 0 Å². The summed E-state index contributed by atoms with van der Waals surface area (Å²) in [6.07, 6.45) is 8.36. The summed E-state index contributed by atoms with van der Waals surface area (Å²) in [4.78, 5) is 12.0. The average molecular weight is 221 g/mol. The lowest BCUT2D eigenvalue weighted by Crippen LogP contribution is -2.36. The molecule has 1 amide bonds. The molecule has 3 heteroatoms. The molecule has 3 nitrogen and oxygen atoms in total. The molecule has 16 heavy (non-hydrogen) atoms. The molecule has 0 bridgehead atoms. The lowest BCUT2D eigenvalue weighted by molar-refractivity contribution is 0.0926. The fourth-order valence-corrected chi connectivity index (χ4v) is 2.33. The van der Waals surface area contributed by atoms with Crippen LogP contribution in [0.25, 0.3) is 0 Å². The van der Waals surface area contributed by atoms with Gasteiger partial charge in [-0.3, -0.25) is 4.79 Å². The summed E-state index contributed by atoms with van der Waals surface area (Å²) < 4.78 is 5.26. The van der Waals surface area contributed by atoms with Crippen molar-refractivity contribution >= 4 is 5.91 Å². The van der Waals surface area contributed by atoms with E-state index < -0.39 is 0 Å². The van der Waals surface area contributed by atoms with Gasteiger partial charge in [-0.1, -0.05) is 26.2 Å². The van der Waals surface area contributed by atoms with Crippen LogP contribution >= 0.6 is 0 Å². The normalized spacial score (nSPS) is 17.3. The Morgan fingerprint density at radius 2 is 2.19 bits per heavy atom. The van der Waals surface area contributed by atoms with Crippen molar-refractivity contribution in [2.24, 2.45) is 0 Å². The Morgan fingerprint density at radius 3 is 2.88 bits per heavy atom. The van der Waals surface area contributed by atoms with Gasteiger partial charge < -0.3 is 9.73 Å². The third kappa shape index (κ3) is 2.46. The highest BCUT2D eigenvalue weighted by atomic mass is 16.3. The molecule has 1 aliphatic rings. The van der Waals surface area contributed by atoms with Crippen LogP contribution in [0.2, 0.25) is 0 Å². The summed E-state index contributed by atoms with van der Waals surface area (Å²) >= 11 is 0. The molecule has 1 aliphatic carbocycles. The van der Waals surface area contributed by atoms with Crippen LogP contribution in [0.15, 0.2) is 16.7 Å². The smallest absolute Gasteiger partial charge is 0.255 e.